The summed E-state index contributed by atoms with van der Waals surface area (Å²) < 4.78 is 0. The van der Waals surface area contributed by atoms with Crippen LogP contribution in [-0.4, -0.2) is 11.0 Å². The Bertz CT molecular complexity index is 707. The number of hydrogen-bond acceptors (Lipinski definition) is 5. The average Bonchev–Trinajstić information content (AvgIpc) is 2.47. The summed E-state index contributed by atoms with van der Waals surface area (Å²) in [5, 5.41) is 10.7. The van der Waals surface area contributed by atoms with Crippen LogP contribution >= 0.6 is 11.8 Å². The first-order valence-electron chi connectivity index (χ1n) is 6.15. The van der Waals surface area contributed by atoms with E-state index in [1.165, 1.54) is 35.5 Å². The molecular formula is C15H12N2O3S. The van der Waals surface area contributed by atoms with Crippen LogP contribution in [0.25, 0.3) is 0 Å². The number of benzene rings is 2. The molecule has 0 bridgehead atoms. The van der Waals surface area contributed by atoms with E-state index < -0.39 is 4.92 Å². The second kappa shape index (κ2) is 6.83. The summed E-state index contributed by atoms with van der Waals surface area (Å²) in [6, 6.07) is 12.4. The number of aryl methyl sites for hydroxylation is 1. The third kappa shape index (κ3) is 4.02. The Balaban J connectivity index is 2.20. The van der Waals surface area contributed by atoms with Crippen LogP contribution in [0.1, 0.15) is 11.1 Å². The van der Waals surface area contributed by atoms with Gasteiger partial charge in [0.1, 0.15) is 0 Å². The van der Waals surface area contributed by atoms with E-state index in [9.17, 15) is 14.9 Å². The Morgan fingerprint density at radius 1 is 1.24 bits per heavy atom. The van der Waals surface area contributed by atoms with Gasteiger partial charge in [-0.2, -0.15) is 4.99 Å². The summed E-state index contributed by atoms with van der Waals surface area (Å²) in [6.07, 6.45) is 1.44. The van der Waals surface area contributed by atoms with Crippen LogP contribution in [0.4, 0.5) is 11.4 Å². The summed E-state index contributed by atoms with van der Waals surface area (Å²) in [4.78, 5) is 24.9. The van der Waals surface area contributed by atoms with Crippen molar-refractivity contribution in [2.24, 2.45) is 4.99 Å². The highest BCUT2D eigenvalue weighted by atomic mass is 32.2. The lowest BCUT2D eigenvalue weighted by atomic mass is 10.2. The topological polar surface area (TPSA) is 72.6 Å². The van der Waals surface area contributed by atoms with Crippen LogP contribution in [-0.2, 0) is 10.5 Å². The van der Waals surface area contributed by atoms with Crippen LogP contribution in [0.15, 0.2) is 52.4 Å². The molecule has 0 aliphatic rings. The predicted molar refractivity (Wildman–Crippen MR) is 81.6 cm³/mol. The fraction of sp³-hybridized carbons (Fsp3) is 0.133. The summed E-state index contributed by atoms with van der Waals surface area (Å²) in [6.45, 7) is 2.02. The van der Waals surface area contributed by atoms with E-state index in [2.05, 4.69) is 4.99 Å². The van der Waals surface area contributed by atoms with E-state index in [0.717, 1.165) is 5.56 Å². The first kappa shape index (κ1) is 15.0. The highest BCUT2D eigenvalue weighted by molar-refractivity contribution is 7.98. The van der Waals surface area contributed by atoms with Gasteiger partial charge in [-0.05, 0) is 18.6 Å². The van der Waals surface area contributed by atoms with Crippen molar-refractivity contribution in [3.05, 3.63) is 63.7 Å². The first-order valence-corrected chi connectivity index (χ1v) is 7.13. The number of aliphatic imine (C=N–C) groups is 1. The van der Waals surface area contributed by atoms with Gasteiger partial charge in [-0.1, -0.05) is 29.8 Å². The van der Waals surface area contributed by atoms with Gasteiger partial charge < -0.3 is 0 Å². The molecule has 0 aromatic heterocycles. The summed E-state index contributed by atoms with van der Waals surface area (Å²) in [7, 11) is 0. The predicted octanol–water partition coefficient (Wildman–Crippen LogP) is 4.16. The molecule has 6 heteroatoms. The Morgan fingerprint density at radius 3 is 2.57 bits per heavy atom. The van der Waals surface area contributed by atoms with Crippen molar-refractivity contribution >= 4 is 29.2 Å². The Labute approximate surface area is 125 Å². The quantitative estimate of drug-likeness (QED) is 0.273. The number of rotatable bonds is 5. The molecule has 0 fully saturated rings. The normalized spacial score (nSPS) is 9.95. The Morgan fingerprint density at radius 2 is 1.95 bits per heavy atom. The number of hydrogen-bond donors (Lipinski definition) is 0. The molecule has 0 aliphatic heterocycles. The molecule has 0 spiro atoms. The van der Waals surface area contributed by atoms with Crippen LogP contribution in [0.2, 0.25) is 0 Å². The van der Waals surface area contributed by atoms with Gasteiger partial charge in [-0.15, -0.1) is 11.8 Å². The van der Waals surface area contributed by atoms with Crippen molar-refractivity contribution in [3.63, 3.8) is 0 Å². The minimum Gasteiger partial charge on any atom is -0.258 e. The van der Waals surface area contributed by atoms with Gasteiger partial charge >= 0.3 is 0 Å². The van der Waals surface area contributed by atoms with Gasteiger partial charge in [0.25, 0.3) is 5.69 Å². The average molecular weight is 300 g/mol. The number of non-ortho nitro benzene ring substituents is 1. The molecule has 5 nitrogen and oxygen atoms in total. The fourth-order valence-corrected chi connectivity index (χ4v) is 2.65. The van der Waals surface area contributed by atoms with E-state index in [1.807, 2.05) is 31.2 Å². The smallest absolute Gasteiger partial charge is 0.258 e. The molecule has 0 saturated heterocycles. The maximum absolute atomic E-state index is 10.7. The van der Waals surface area contributed by atoms with Crippen LogP contribution in [0.3, 0.4) is 0 Å². The van der Waals surface area contributed by atoms with Gasteiger partial charge in [0.05, 0.1) is 10.6 Å². The number of thioether (sulfide) groups is 1. The second-order valence-electron chi connectivity index (χ2n) is 4.39. The molecule has 106 valence electrons. The first-order chi connectivity index (χ1) is 10.1. The number of nitrogens with zero attached hydrogens (tertiary/aromatic N) is 2. The maximum Gasteiger partial charge on any atom is 0.271 e. The lowest BCUT2D eigenvalue weighted by molar-refractivity contribution is -0.384. The van der Waals surface area contributed by atoms with Crippen molar-refractivity contribution in [2.45, 2.75) is 17.6 Å². The number of nitro groups is 1. The van der Waals surface area contributed by atoms with Crippen LogP contribution in [0, 0.1) is 17.0 Å². The zero-order valence-electron chi connectivity index (χ0n) is 11.3. The van der Waals surface area contributed by atoms with Crippen molar-refractivity contribution in [3.8, 4) is 0 Å². The SMILES string of the molecule is Cc1ccc(CSc2ccc([N+](=O)[O-])cc2N=C=O)cc1. The highest BCUT2D eigenvalue weighted by Crippen LogP contribution is 2.34. The number of nitro benzene ring substituents is 1. The Kier molecular flexibility index (Phi) is 4.87. The van der Waals surface area contributed by atoms with Crippen molar-refractivity contribution in [2.75, 3.05) is 0 Å². The third-order valence-electron chi connectivity index (χ3n) is 2.83. The molecule has 0 N–H and O–H groups in total. The molecule has 0 saturated carbocycles. The van der Waals surface area contributed by atoms with Crippen molar-refractivity contribution in [1.82, 2.24) is 0 Å². The number of carbonyl (C=O) groups excluding carboxylic acids is 1. The minimum atomic E-state index is -0.516. The molecule has 0 amide bonds. The number of isocyanates is 1. The molecule has 0 unspecified atom stereocenters. The minimum absolute atomic E-state index is 0.0938. The van der Waals surface area contributed by atoms with Gasteiger partial charge in [0.2, 0.25) is 6.08 Å². The molecule has 2 aromatic carbocycles. The Hall–Kier alpha value is -2.43. The van der Waals surface area contributed by atoms with Crippen molar-refractivity contribution < 1.29 is 9.72 Å². The second-order valence-corrected chi connectivity index (χ2v) is 5.40. The summed E-state index contributed by atoms with van der Waals surface area (Å²) in [5.41, 5.74) is 2.50. The molecule has 0 radical (unpaired) electrons. The van der Waals surface area contributed by atoms with Gasteiger partial charge in [-0.3, -0.25) is 10.1 Å². The molecule has 21 heavy (non-hydrogen) atoms. The molecule has 0 heterocycles. The molecule has 0 atom stereocenters. The lowest BCUT2D eigenvalue weighted by Crippen LogP contribution is -1.88. The van der Waals surface area contributed by atoms with E-state index in [0.29, 0.717) is 10.6 Å². The largest absolute Gasteiger partial charge is 0.271 e. The van der Waals surface area contributed by atoms with E-state index >= 15 is 0 Å². The van der Waals surface area contributed by atoms with Crippen LogP contribution < -0.4 is 0 Å². The maximum atomic E-state index is 10.7. The molecular weight excluding hydrogens is 288 g/mol. The highest BCUT2D eigenvalue weighted by Gasteiger charge is 2.11. The van der Waals surface area contributed by atoms with Gasteiger partial charge in [0, 0.05) is 22.8 Å². The van der Waals surface area contributed by atoms with Crippen molar-refractivity contribution in [1.29, 1.82) is 0 Å². The standard InChI is InChI=1S/C15H12N2O3S/c1-11-2-4-12(5-3-11)9-21-15-7-6-13(17(19)20)8-14(15)16-10-18/h2-8H,9H2,1H3. The lowest BCUT2D eigenvalue weighted by Gasteiger charge is -2.05. The molecule has 2 rings (SSSR count). The monoisotopic (exact) mass is 300 g/mol. The molecule has 0 aliphatic carbocycles. The summed E-state index contributed by atoms with van der Waals surface area (Å²) >= 11 is 1.47. The van der Waals surface area contributed by atoms with E-state index in [1.54, 1.807) is 6.07 Å². The third-order valence-corrected chi connectivity index (χ3v) is 3.97. The summed E-state index contributed by atoms with van der Waals surface area (Å²) in [5.74, 6) is 0.694. The van der Waals surface area contributed by atoms with E-state index in [4.69, 9.17) is 0 Å². The van der Waals surface area contributed by atoms with Crippen LogP contribution in [0.5, 0.6) is 0 Å². The van der Waals surface area contributed by atoms with Gasteiger partial charge in [-0.25, -0.2) is 4.79 Å². The molecule has 2 aromatic rings. The zero-order valence-corrected chi connectivity index (χ0v) is 12.1. The zero-order chi connectivity index (χ0) is 15.2. The van der Waals surface area contributed by atoms with Gasteiger partial charge in [0.15, 0.2) is 0 Å². The van der Waals surface area contributed by atoms with E-state index in [-0.39, 0.29) is 11.4 Å². The fourth-order valence-electron chi connectivity index (χ4n) is 1.72.